The van der Waals surface area contributed by atoms with Crippen LogP contribution in [0.3, 0.4) is 0 Å². The summed E-state index contributed by atoms with van der Waals surface area (Å²) in [6.45, 7) is 4.65. The topological polar surface area (TPSA) is 78.2 Å². The average molecular weight is 379 g/mol. The first-order chi connectivity index (χ1) is 13.1. The molecular weight excluding hydrogens is 358 g/mol. The molecule has 2 N–H and O–H groups in total. The lowest BCUT2D eigenvalue weighted by Crippen LogP contribution is -2.23. The first-order valence-corrected chi connectivity index (χ1v) is 9.90. The predicted molar refractivity (Wildman–Crippen MR) is 110 cm³/mol. The Bertz CT molecular complexity index is 1170. The Balaban J connectivity index is 2.10. The van der Waals surface area contributed by atoms with Gasteiger partial charge in [-0.1, -0.05) is 42.1 Å². The molecule has 6 nitrogen and oxygen atoms in total. The molecule has 4 rings (SSSR count). The highest BCUT2D eigenvalue weighted by atomic mass is 32.2. The minimum atomic E-state index is -0.0820. The summed E-state index contributed by atoms with van der Waals surface area (Å²) >= 11 is 1.61. The summed E-state index contributed by atoms with van der Waals surface area (Å²) in [7, 11) is 0. The van der Waals surface area contributed by atoms with Crippen molar-refractivity contribution < 1.29 is 0 Å². The van der Waals surface area contributed by atoms with E-state index >= 15 is 0 Å². The summed E-state index contributed by atoms with van der Waals surface area (Å²) < 4.78 is 3.66. The molecule has 138 valence electrons. The number of thioether (sulfide) groups is 1. The summed E-state index contributed by atoms with van der Waals surface area (Å²) in [5, 5.41) is 10.2. The summed E-state index contributed by atoms with van der Waals surface area (Å²) in [6.07, 6.45) is 0.897. The van der Waals surface area contributed by atoms with E-state index in [1.165, 1.54) is 0 Å². The van der Waals surface area contributed by atoms with Gasteiger partial charge in [0.15, 0.2) is 5.16 Å². The smallest absolute Gasteiger partial charge is 0.267 e. The van der Waals surface area contributed by atoms with Crippen LogP contribution < -0.4 is 11.3 Å². The van der Waals surface area contributed by atoms with Crippen LogP contribution in [-0.2, 0) is 0 Å². The van der Waals surface area contributed by atoms with Gasteiger partial charge in [0.1, 0.15) is 0 Å². The molecule has 4 aromatic rings. The second-order valence-corrected chi connectivity index (χ2v) is 7.57. The average Bonchev–Trinajstić information content (AvgIpc) is 3.08. The Hall–Kier alpha value is -2.64. The maximum Gasteiger partial charge on any atom is 0.267 e. The van der Waals surface area contributed by atoms with Crippen LogP contribution in [0, 0.1) is 13.8 Å². The number of aryl methyl sites for hydroxylation is 2. The van der Waals surface area contributed by atoms with Crippen LogP contribution in [0.4, 0.5) is 0 Å². The highest BCUT2D eigenvalue weighted by Gasteiger charge is 2.19. The minimum absolute atomic E-state index is 0.0820. The number of benzene rings is 2. The molecule has 0 saturated heterocycles. The van der Waals surface area contributed by atoms with Crippen molar-refractivity contribution in [2.24, 2.45) is 5.73 Å². The Morgan fingerprint density at radius 1 is 1.04 bits per heavy atom. The van der Waals surface area contributed by atoms with Gasteiger partial charge in [-0.2, -0.15) is 0 Å². The molecule has 0 spiro atoms. The molecular formula is C20H21N5OS. The van der Waals surface area contributed by atoms with E-state index in [9.17, 15) is 4.79 Å². The fourth-order valence-corrected chi connectivity index (χ4v) is 4.28. The summed E-state index contributed by atoms with van der Waals surface area (Å²) in [6, 6.07) is 13.6. The number of para-hydroxylation sites is 2. The van der Waals surface area contributed by atoms with Gasteiger partial charge in [0.2, 0.25) is 5.78 Å². The number of nitrogens with zero attached hydrogens (tertiary/aromatic N) is 4. The Kier molecular flexibility index (Phi) is 4.72. The highest BCUT2D eigenvalue weighted by Crippen LogP contribution is 2.25. The Morgan fingerprint density at radius 2 is 1.78 bits per heavy atom. The van der Waals surface area contributed by atoms with Gasteiger partial charge < -0.3 is 5.73 Å². The lowest BCUT2D eigenvalue weighted by Gasteiger charge is -2.15. The SMILES string of the molecule is Cc1cccc(C)c1-n1c(=O)c2ccccc2n2c(SCCCN)nnc12. The quantitative estimate of drug-likeness (QED) is 0.426. The maximum atomic E-state index is 13.4. The first kappa shape index (κ1) is 17.8. The molecule has 0 unspecified atom stereocenters. The van der Waals surface area contributed by atoms with E-state index in [1.807, 2.05) is 60.7 Å². The monoisotopic (exact) mass is 379 g/mol. The molecule has 0 saturated carbocycles. The van der Waals surface area contributed by atoms with E-state index < -0.39 is 0 Å². The van der Waals surface area contributed by atoms with Crippen LogP contribution in [0.2, 0.25) is 0 Å². The molecule has 0 atom stereocenters. The minimum Gasteiger partial charge on any atom is -0.330 e. The van der Waals surface area contributed by atoms with Crippen molar-refractivity contribution in [1.29, 1.82) is 0 Å². The largest absolute Gasteiger partial charge is 0.330 e. The van der Waals surface area contributed by atoms with Crippen LogP contribution in [0.15, 0.2) is 52.4 Å². The molecule has 0 aliphatic heterocycles. The van der Waals surface area contributed by atoms with Crippen molar-refractivity contribution in [3.05, 3.63) is 63.9 Å². The zero-order valence-electron chi connectivity index (χ0n) is 15.3. The van der Waals surface area contributed by atoms with Crippen LogP contribution in [-0.4, -0.2) is 31.5 Å². The molecule has 27 heavy (non-hydrogen) atoms. The fraction of sp³-hybridized carbons (Fsp3) is 0.250. The Labute approximate surface area is 161 Å². The fourth-order valence-electron chi connectivity index (χ4n) is 3.38. The third kappa shape index (κ3) is 2.93. The molecule has 0 radical (unpaired) electrons. The standard InChI is InChI=1S/C20H21N5OS/c1-13-7-5-8-14(2)17(13)25-18(26)15-9-3-4-10-16(15)24-19(25)22-23-20(24)27-12-6-11-21/h3-5,7-10H,6,11-12,21H2,1-2H3. The second-order valence-electron chi connectivity index (χ2n) is 6.51. The van der Waals surface area contributed by atoms with E-state index in [0.29, 0.717) is 17.7 Å². The second kappa shape index (κ2) is 7.17. The van der Waals surface area contributed by atoms with Crippen molar-refractivity contribution in [2.45, 2.75) is 25.4 Å². The van der Waals surface area contributed by atoms with Crippen molar-refractivity contribution in [2.75, 3.05) is 12.3 Å². The molecule has 0 aliphatic rings. The predicted octanol–water partition coefficient (Wildman–Crippen LogP) is 3.09. The van der Waals surface area contributed by atoms with Gasteiger partial charge in [-0.05, 0) is 50.1 Å². The van der Waals surface area contributed by atoms with Gasteiger partial charge in [-0.25, -0.2) is 4.57 Å². The van der Waals surface area contributed by atoms with Crippen LogP contribution >= 0.6 is 11.8 Å². The van der Waals surface area contributed by atoms with Crippen molar-refractivity contribution >= 4 is 28.4 Å². The van der Waals surface area contributed by atoms with Gasteiger partial charge >= 0.3 is 0 Å². The van der Waals surface area contributed by atoms with Gasteiger partial charge in [-0.15, -0.1) is 10.2 Å². The van der Waals surface area contributed by atoms with Crippen LogP contribution in [0.25, 0.3) is 22.4 Å². The van der Waals surface area contributed by atoms with Crippen molar-refractivity contribution in [3.8, 4) is 5.69 Å². The molecule has 0 amide bonds. The summed E-state index contributed by atoms with van der Waals surface area (Å²) in [4.78, 5) is 13.4. The summed E-state index contributed by atoms with van der Waals surface area (Å²) in [5.74, 6) is 1.39. The van der Waals surface area contributed by atoms with E-state index in [4.69, 9.17) is 5.73 Å². The summed E-state index contributed by atoms with van der Waals surface area (Å²) in [5.41, 5.74) is 9.27. The van der Waals surface area contributed by atoms with Crippen molar-refractivity contribution in [3.63, 3.8) is 0 Å². The van der Waals surface area contributed by atoms with Gasteiger partial charge in [0, 0.05) is 5.75 Å². The van der Waals surface area contributed by atoms with E-state index in [-0.39, 0.29) is 5.56 Å². The molecule has 7 heteroatoms. The Morgan fingerprint density at radius 3 is 2.52 bits per heavy atom. The number of aromatic nitrogens is 4. The first-order valence-electron chi connectivity index (χ1n) is 8.92. The lowest BCUT2D eigenvalue weighted by atomic mass is 10.1. The third-order valence-electron chi connectivity index (χ3n) is 4.64. The molecule has 0 aliphatic carbocycles. The normalized spacial score (nSPS) is 11.5. The zero-order chi connectivity index (χ0) is 19.0. The third-order valence-corrected chi connectivity index (χ3v) is 5.65. The molecule has 0 fully saturated rings. The number of rotatable bonds is 5. The van der Waals surface area contributed by atoms with Crippen LogP contribution in [0.1, 0.15) is 17.5 Å². The molecule has 2 aromatic heterocycles. The maximum absolute atomic E-state index is 13.4. The van der Waals surface area contributed by atoms with Gasteiger partial charge in [0.25, 0.3) is 5.56 Å². The number of nitrogens with two attached hydrogens (primary N) is 1. The highest BCUT2D eigenvalue weighted by molar-refractivity contribution is 7.99. The molecule has 2 heterocycles. The molecule has 0 bridgehead atoms. The zero-order valence-corrected chi connectivity index (χ0v) is 16.2. The van der Waals surface area contributed by atoms with E-state index in [0.717, 1.165) is 39.7 Å². The number of hydrogen-bond acceptors (Lipinski definition) is 5. The lowest BCUT2D eigenvalue weighted by molar-refractivity contribution is 0.909. The van der Waals surface area contributed by atoms with E-state index in [2.05, 4.69) is 10.2 Å². The number of hydrogen-bond donors (Lipinski definition) is 1. The molecule has 2 aromatic carbocycles. The van der Waals surface area contributed by atoms with Gasteiger partial charge in [-0.3, -0.25) is 9.20 Å². The van der Waals surface area contributed by atoms with Crippen LogP contribution in [0.5, 0.6) is 0 Å². The van der Waals surface area contributed by atoms with E-state index in [1.54, 1.807) is 16.3 Å². The van der Waals surface area contributed by atoms with Gasteiger partial charge in [0.05, 0.1) is 16.6 Å². The number of fused-ring (bicyclic) bond motifs is 3. The van der Waals surface area contributed by atoms with Crippen molar-refractivity contribution in [1.82, 2.24) is 19.2 Å².